The number of hydrogen-bond donors (Lipinski definition) is 0. The van der Waals surface area contributed by atoms with Crippen LogP contribution in [0.2, 0.25) is 5.02 Å². The van der Waals surface area contributed by atoms with Crippen molar-refractivity contribution < 1.29 is 14.0 Å². The quantitative estimate of drug-likeness (QED) is 0.805. The third-order valence-electron chi connectivity index (χ3n) is 5.17. The Morgan fingerprint density at radius 2 is 2.15 bits per heavy atom. The molecule has 0 unspecified atom stereocenters. The third kappa shape index (κ3) is 3.10. The molecule has 1 aromatic heterocycles. The Kier molecular flexibility index (Phi) is 4.67. The lowest BCUT2D eigenvalue weighted by atomic mass is 9.82. The monoisotopic (exact) mass is 393 g/mol. The minimum Gasteiger partial charge on any atom is -0.339 e. The van der Waals surface area contributed by atoms with E-state index >= 15 is 0 Å². The smallest absolute Gasteiger partial charge is 0.265 e. The second-order valence-corrected chi connectivity index (χ2v) is 7.91. The number of fused-ring (bicyclic) bond motifs is 1. The zero-order valence-electron chi connectivity index (χ0n) is 13.9. The first kappa shape index (κ1) is 17.4. The summed E-state index contributed by atoms with van der Waals surface area (Å²) in [5, 5.41) is 0.278. The lowest BCUT2D eigenvalue weighted by molar-refractivity contribution is -0.146. The molecule has 2 amide bonds. The van der Waals surface area contributed by atoms with Crippen LogP contribution in [0.4, 0.5) is 4.39 Å². The van der Waals surface area contributed by atoms with Crippen molar-refractivity contribution in [1.82, 2.24) is 14.2 Å². The van der Waals surface area contributed by atoms with E-state index in [0.29, 0.717) is 24.5 Å². The normalized spacial score (nSPS) is 21.9. The molecule has 2 aromatic rings. The molecule has 3 heterocycles. The van der Waals surface area contributed by atoms with Gasteiger partial charge in [-0.1, -0.05) is 17.7 Å². The third-order valence-corrected chi connectivity index (χ3v) is 6.26. The van der Waals surface area contributed by atoms with Crippen LogP contribution in [0.25, 0.3) is 0 Å². The first-order valence-electron chi connectivity index (χ1n) is 8.47. The molecule has 0 bridgehead atoms. The lowest BCUT2D eigenvalue weighted by Crippen LogP contribution is -2.65. The van der Waals surface area contributed by atoms with Crippen molar-refractivity contribution in [3.05, 3.63) is 51.7 Å². The van der Waals surface area contributed by atoms with Gasteiger partial charge >= 0.3 is 0 Å². The van der Waals surface area contributed by atoms with Gasteiger partial charge in [-0.25, -0.2) is 8.76 Å². The maximum Gasteiger partial charge on any atom is 0.265 e. The zero-order valence-corrected chi connectivity index (χ0v) is 15.5. The van der Waals surface area contributed by atoms with Crippen LogP contribution >= 0.6 is 23.1 Å². The van der Waals surface area contributed by atoms with Crippen molar-refractivity contribution in [2.24, 2.45) is 5.92 Å². The molecule has 1 aromatic carbocycles. The second-order valence-electron chi connectivity index (χ2n) is 6.67. The molecule has 8 heteroatoms. The number of likely N-dealkylation sites (tertiary alicyclic amines) is 2. The van der Waals surface area contributed by atoms with E-state index in [1.807, 2.05) is 4.90 Å². The van der Waals surface area contributed by atoms with Crippen LogP contribution < -0.4 is 0 Å². The molecule has 0 aliphatic carbocycles. The largest absolute Gasteiger partial charge is 0.339 e. The Labute approximate surface area is 159 Å². The molecule has 2 fully saturated rings. The van der Waals surface area contributed by atoms with Crippen LogP contribution in [-0.4, -0.2) is 51.7 Å². The fraction of sp³-hybridized carbons (Fsp3) is 0.389. The van der Waals surface area contributed by atoms with E-state index in [0.717, 1.165) is 6.42 Å². The number of amides is 2. The summed E-state index contributed by atoms with van der Waals surface area (Å²) < 4.78 is 17.9. The Balaban J connectivity index is 1.37. The molecule has 2 aliphatic rings. The highest BCUT2D eigenvalue weighted by Crippen LogP contribution is 2.34. The van der Waals surface area contributed by atoms with Gasteiger partial charge in [0.25, 0.3) is 5.91 Å². The van der Waals surface area contributed by atoms with Gasteiger partial charge in [-0.3, -0.25) is 9.59 Å². The summed E-state index contributed by atoms with van der Waals surface area (Å²) in [5.41, 5.74) is 0.250. The summed E-state index contributed by atoms with van der Waals surface area (Å²) >= 11 is 7.22. The molecule has 2 aliphatic heterocycles. The van der Waals surface area contributed by atoms with Gasteiger partial charge in [0.05, 0.1) is 6.42 Å². The number of carbonyl (C=O) groups excluding carboxylic acids is 2. The number of piperidine rings is 1. The average Bonchev–Trinajstić information content (AvgIpc) is 3.13. The Bertz CT molecular complexity index is 825. The summed E-state index contributed by atoms with van der Waals surface area (Å²) in [6.07, 6.45) is 2.34. The van der Waals surface area contributed by atoms with E-state index < -0.39 is 5.82 Å². The molecule has 2 saturated heterocycles. The van der Waals surface area contributed by atoms with Crippen LogP contribution in [0, 0.1) is 11.7 Å². The number of benzene rings is 1. The van der Waals surface area contributed by atoms with Crippen LogP contribution in [0.15, 0.2) is 30.5 Å². The highest BCUT2D eigenvalue weighted by Gasteiger charge is 2.45. The van der Waals surface area contributed by atoms with Crippen LogP contribution in [0.3, 0.4) is 0 Å². The van der Waals surface area contributed by atoms with Crippen molar-refractivity contribution in [2.45, 2.75) is 18.9 Å². The van der Waals surface area contributed by atoms with E-state index in [1.165, 1.54) is 23.7 Å². The van der Waals surface area contributed by atoms with Gasteiger partial charge < -0.3 is 9.80 Å². The highest BCUT2D eigenvalue weighted by molar-refractivity contribution is 7.08. The average molecular weight is 394 g/mol. The number of nitrogens with zero attached hydrogens (tertiary/aromatic N) is 3. The van der Waals surface area contributed by atoms with Crippen LogP contribution in [0.5, 0.6) is 0 Å². The molecular formula is C18H17ClFN3O2S. The molecule has 0 spiro atoms. The molecule has 4 rings (SSSR count). The predicted octanol–water partition coefficient (Wildman–Crippen LogP) is 2.85. The number of aromatic nitrogens is 1. The number of halogens is 2. The molecular weight excluding hydrogens is 377 g/mol. The molecule has 0 saturated carbocycles. The number of rotatable bonds is 3. The summed E-state index contributed by atoms with van der Waals surface area (Å²) in [7, 11) is 0. The Morgan fingerprint density at radius 3 is 2.85 bits per heavy atom. The van der Waals surface area contributed by atoms with E-state index in [2.05, 4.69) is 4.37 Å². The van der Waals surface area contributed by atoms with E-state index in [9.17, 15) is 14.0 Å². The van der Waals surface area contributed by atoms with E-state index in [-0.39, 0.29) is 40.8 Å². The topological polar surface area (TPSA) is 53.5 Å². The maximum absolute atomic E-state index is 13.9. The zero-order chi connectivity index (χ0) is 18.3. The van der Waals surface area contributed by atoms with Crippen LogP contribution in [0.1, 0.15) is 21.7 Å². The van der Waals surface area contributed by atoms with Crippen molar-refractivity contribution in [2.75, 3.05) is 19.6 Å². The van der Waals surface area contributed by atoms with Crippen molar-refractivity contribution in [3.8, 4) is 0 Å². The van der Waals surface area contributed by atoms with Gasteiger partial charge in [0, 0.05) is 48.4 Å². The summed E-state index contributed by atoms with van der Waals surface area (Å²) in [4.78, 5) is 29.3. The Morgan fingerprint density at radius 1 is 1.31 bits per heavy atom. The number of hydrogen-bond acceptors (Lipinski definition) is 4. The van der Waals surface area contributed by atoms with Gasteiger partial charge in [0.15, 0.2) is 0 Å². The fourth-order valence-corrected chi connectivity index (χ4v) is 4.56. The van der Waals surface area contributed by atoms with Gasteiger partial charge in [0.2, 0.25) is 5.91 Å². The van der Waals surface area contributed by atoms with Gasteiger partial charge in [0.1, 0.15) is 10.7 Å². The predicted molar refractivity (Wildman–Crippen MR) is 96.7 cm³/mol. The lowest BCUT2D eigenvalue weighted by Gasteiger charge is -2.53. The molecule has 26 heavy (non-hydrogen) atoms. The van der Waals surface area contributed by atoms with E-state index in [4.69, 9.17) is 11.6 Å². The van der Waals surface area contributed by atoms with Crippen molar-refractivity contribution in [1.29, 1.82) is 0 Å². The van der Waals surface area contributed by atoms with Crippen LogP contribution in [-0.2, 0) is 11.2 Å². The summed E-state index contributed by atoms with van der Waals surface area (Å²) in [6.45, 7) is 1.86. The fourth-order valence-electron chi connectivity index (χ4n) is 3.77. The standard InChI is InChI=1S/C18H17ClFN3O2S/c19-13-2-1-3-14(20)12(13)8-17(24)23-10-11-9-22(7-5-15(11)23)18(25)16-4-6-21-26-16/h1-4,6,11,15H,5,7-10H2/t11-,15-/m0/s1. The first-order valence-corrected chi connectivity index (χ1v) is 9.62. The molecule has 5 nitrogen and oxygen atoms in total. The molecule has 0 radical (unpaired) electrons. The second kappa shape index (κ2) is 6.96. The van der Waals surface area contributed by atoms with Gasteiger partial charge in [-0.2, -0.15) is 0 Å². The van der Waals surface area contributed by atoms with Gasteiger partial charge in [-0.15, -0.1) is 0 Å². The summed E-state index contributed by atoms with van der Waals surface area (Å²) in [5.74, 6) is -0.275. The minimum atomic E-state index is -0.451. The first-order chi connectivity index (χ1) is 12.5. The Hall–Kier alpha value is -1.99. The highest BCUT2D eigenvalue weighted by atomic mass is 35.5. The van der Waals surface area contributed by atoms with Crippen molar-refractivity contribution >= 4 is 34.9 Å². The molecule has 2 atom stereocenters. The minimum absolute atomic E-state index is 0.00821. The molecule has 0 N–H and O–H groups in total. The van der Waals surface area contributed by atoms with E-state index in [1.54, 1.807) is 23.2 Å². The number of carbonyl (C=O) groups is 2. The van der Waals surface area contributed by atoms with Crippen molar-refractivity contribution in [3.63, 3.8) is 0 Å². The molecule has 136 valence electrons. The summed E-state index contributed by atoms with van der Waals surface area (Å²) in [6, 6.07) is 6.29. The SMILES string of the molecule is O=C(c1ccns1)N1CC[C@H]2[C@@H](C1)CN2C(=O)Cc1c(F)cccc1Cl. The van der Waals surface area contributed by atoms with Gasteiger partial charge in [-0.05, 0) is 36.2 Å². The maximum atomic E-state index is 13.9.